The van der Waals surface area contributed by atoms with E-state index in [1.807, 2.05) is 0 Å². The number of hydrogen-bond acceptors (Lipinski definition) is 6. The zero-order chi connectivity index (χ0) is 26.3. The van der Waals surface area contributed by atoms with Crippen molar-refractivity contribution in [2.45, 2.75) is 83.3 Å². The van der Waals surface area contributed by atoms with Crippen molar-refractivity contribution in [2.24, 2.45) is 39.5 Å². The topological polar surface area (TPSA) is 151 Å². The Morgan fingerprint density at radius 1 is 1.22 bits per heavy atom. The van der Waals surface area contributed by atoms with Crippen LogP contribution in [0, 0.1) is 40.9 Å². The fraction of sp³-hybridized carbons (Fsp3) is 0.704. The van der Waals surface area contributed by atoms with Crippen molar-refractivity contribution in [1.29, 1.82) is 0 Å². The molecule has 2 amide bonds. The van der Waals surface area contributed by atoms with Gasteiger partial charge in [-0.1, -0.05) is 30.5 Å². The fourth-order valence-corrected chi connectivity index (χ4v) is 7.71. The van der Waals surface area contributed by atoms with E-state index in [4.69, 9.17) is 22.1 Å². The molecule has 9 heteroatoms. The average Bonchev–Trinajstić information content (AvgIpc) is 3.09. The molecular formula is C27H37N3O6. The number of carbonyl (C=O) groups is 3. The third-order valence-electron chi connectivity index (χ3n) is 9.78. The normalized spacial score (nSPS) is 39.0. The van der Waals surface area contributed by atoms with Gasteiger partial charge in [0.2, 0.25) is 5.91 Å². The van der Waals surface area contributed by atoms with Crippen LogP contribution in [-0.2, 0) is 19.2 Å². The Morgan fingerprint density at radius 2 is 1.94 bits per heavy atom. The lowest BCUT2D eigenvalue weighted by molar-refractivity contribution is -0.144. The number of aliphatic carboxylic acids is 1. The number of aliphatic hydroxyl groups is 1. The number of terminal acetylenes is 1. The van der Waals surface area contributed by atoms with Gasteiger partial charge in [0, 0.05) is 5.41 Å². The van der Waals surface area contributed by atoms with E-state index in [0.717, 1.165) is 50.7 Å². The van der Waals surface area contributed by atoms with Crippen LogP contribution in [0.1, 0.15) is 71.6 Å². The molecule has 0 heterocycles. The number of carboxylic acids is 1. The molecule has 0 bridgehead atoms. The van der Waals surface area contributed by atoms with Gasteiger partial charge in [-0.25, -0.2) is 4.79 Å². The third-order valence-corrected chi connectivity index (χ3v) is 9.78. The maximum atomic E-state index is 12.0. The predicted octanol–water partition coefficient (Wildman–Crippen LogP) is 2.13. The second-order valence-electron chi connectivity index (χ2n) is 11.5. The summed E-state index contributed by atoms with van der Waals surface area (Å²) in [5.41, 5.74) is 6.01. The quantitative estimate of drug-likeness (QED) is 0.311. The smallest absolute Gasteiger partial charge is 0.326 e. The van der Waals surface area contributed by atoms with Gasteiger partial charge >= 0.3 is 5.97 Å². The van der Waals surface area contributed by atoms with Crippen molar-refractivity contribution >= 4 is 23.5 Å². The summed E-state index contributed by atoms with van der Waals surface area (Å²) < 4.78 is 0. The molecule has 5 N–H and O–H groups in total. The minimum absolute atomic E-state index is 0.0704. The summed E-state index contributed by atoms with van der Waals surface area (Å²) in [6.07, 6.45) is 14.7. The highest BCUT2D eigenvalue weighted by molar-refractivity contribution is 5.96. The Balaban J connectivity index is 1.40. The number of carbonyl (C=O) groups excluding carboxylic acids is 2. The number of primary amides is 1. The molecule has 36 heavy (non-hydrogen) atoms. The number of allylic oxidation sites excluding steroid dienone is 2. The molecule has 4 aliphatic carbocycles. The molecule has 9 nitrogen and oxygen atoms in total. The number of fused-ring (bicyclic) bond motifs is 5. The molecule has 0 aromatic rings. The van der Waals surface area contributed by atoms with Crippen LogP contribution >= 0.6 is 0 Å². The molecule has 0 aliphatic heterocycles. The van der Waals surface area contributed by atoms with Crippen LogP contribution in [0.4, 0.5) is 0 Å². The number of hydrogen-bond donors (Lipinski definition) is 4. The molecule has 3 fully saturated rings. The third kappa shape index (κ3) is 4.40. The summed E-state index contributed by atoms with van der Waals surface area (Å²) in [5.74, 6) is 1.42. The maximum absolute atomic E-state index is 12.0. The van der Waals surface area contributed by atoms with Crippen LogP contribution < -0.4 is 11.1 Å². The summed E-state index contributed by atoms with van der Waals surface area (Å²) in [6.45, 7) is 4.10. The lowest BCUT2D eigenvalue weighted by atomic mass is 9.46. The number of carboxylic acid groups (broad SMARTS) is 1. The molecule has 4 rings (SSSR count). The van der Waals surface area contributed by atoms with E-state index in [1.54, 1.807) is 0 Å². The summed E-state index contributed by atoms with van der Waals surface area (Å²) in [6, 6.07) is -1.40. The first-order valence-electron chi connectivity index (χ1n) is 12.8. The SMILES string of the molecule is C#CC1(O)CCC2C3CCC4=CC(=NOCC(=O)NC(CC(N)=O)C(=O)O)CCC4(C)C3CCC21C. The molecule has 0 aromatic heterocycles. The molecule has 0 aromatic carbocycles. The Morgan fingerprint density at radius 3 is 2.61 bits per heavy atom. The first-order chi connectivity index (χ1) is 16.9. The highest BCUT2D eigenvalue weighted by Gasteiger charge is 2.63. The van der Waals surface area contributed by atoms with Crippen LogP contribution in [-0.4, -0.2) is 52.0 Å². The van der Waals surface area contributed by atoms with E-state index in [2.05, 4.69) is 36.3 Å². The van der Waals surface area contributed by atoms with E-state index in [-0.39, 0.29) is 10.8 Å². The molecule has 0 spiro atoms. The highest BCUT2D eigenvalue weighted by atomic mass is 16.6. The second kappa shape index (κ2) is 9.55. The van der Waals surface area contributed by atoms with Crippen molar-refractivity contribution in [2.75, 3.05) is 6.61 Å². The van der Waals surface area contributed by atoms with E-state index in [0.29, 0.717) is 24.2 Å². The number of amides is 2. The fourth-order valence-electron chi connectivity index (χ4n) is 7.71. The zero-order valence-corrected chi connectivity index (χ0v) is 21.1. The molecule has 7 atom stereocenters. The van der Waals surface area contributed by atoms with Crippen LogP contribution in [0.15, 0.2) is 16.8 Å². The molecule has 0 saturated heterocycles. The van der Waals surface area contributed by atoms with Crippen LogP contribution in [0.2, 0.25) is 0 Å². The Labute approximate surface area is 211 Å². The van der Waals surface area contributed by atoms with Gasteiger partial charge in [0.15, 0.2) is 6.61 Å². The van der Waals surface area contributed by atoms with Crippen LogP contribution in [0.25, 0.3) is 0 Å². The van der Waals surface area contributed by atoms with Crippen LogP contribution in [0.5, 0.6) is 0 Å². The second-order valence-corrected chi connectivity index (χ2v) is 11.5. The van der Waals surface area contributed by atoms with Crippen LogP contribution in [0.3, 0.4) is 0 Å². The number of oxime groups is 1. The number of nitrogens with one attached hydrogen (secondary N) is 1. The van der Waals surface area contributed by atoms with E-state index in [1.165, 1.54) is 5.57 Å². The number of rotatable bonds is 7. The number of nitrogens with two attached hydrogens (primary N) is 1. The first-order valence-corrected chi connectivity index (χ1v) is 12.8. The Kier molecular flexibility index (Phi) is 6.95. The van der Waals surface area contributed by atoms with Gasteiger partial charge in [-0.05, 0) is 80.6 Å². The molecule has 0 radical (unpaired) electrons. The van der Waals surface area contributed by atoms with E-state index < -0.39 is 42.5 Å². The van der Waals surface area contributed by atoms with E-state index >= 15 is 0 Å². The number of nitrogens with zero attached hydrogens (tertiary/aromatic N) is 1. The summed E-state index contributed by atoms with van der Waals surface area (Å²) in [7, 11) is 0. The largest absolute Gasteiger partial charge is 0.480 e. The van der Waals surface area contributed by atoms with Crippen molar-refractivity contribution in [1.82, 2.24) is 5.32 Å². The molecule has 7 unspecified atom stereocenters. The monoisotopic (exact) mass is 499 g/mol. The standard InChI is InChI=1S/C27H37N3O6/c1-4-27(35)12-9-20-18-6-5-16-13-17(7-10-25(16,2)19(18)8-11-26(20,27)3)30-36-15-23(32)29-21(24(33)34)14-22(28)31/h1,13,18-21,35H,5-12,14-15H2,2-3H3,(H2,28,31)(H,29,32)(H,33,34). The van der Waals surface area contributed by atoms with Crippen molar-refractivity contribution in [3.05, 3.63) is 11.6 Å². The zero-order valence-electron chi connectivity index (χ0n) is 21.1. The van der Waals surface area contributed by atoms with Gasteiger partial charge in [-0.2, -0.15) is 0 Å². The van der Waals surface area contributed by atoms with Gasteiger partial charge in [0.25, 0.3) is 5.91 Å². The summed E-state index contributed by atoms with van der Waals surface area (Å²) >= 11 is 0. The van der Waals surface area contributed by atoms with Crippen molar-refractivity contribution < 1.29 is 29.4 Å². The van der Waals surface area contributed by atoms with Crippen molar-refractivity contribution in [3.63, 3.8) is 0 Å². The Bertz CT molecular complexity index is 1050. The molecular weight excluding hydrogens is 462 g/mol. The first kappa shape index (κ1) is 26.2. The van der Waals surface area contributed by atoms with Gasteiger partial charge in [0.05, 0.1) is 12.1 Å². The lowest BCUT2D eigenvalue weighted by Crippen LogP contribution is -2.54. The van der Waals surface area contributed by atoms with Gasteiger partial charge < -0.3 is 26.1 Å². The van der Waals surface area contributed by atoms with Crippen molar-refractivity contribution in [3.8, 4) is 12.3 Å². The Hall–Kier alpha value is -2.86. The maximum Gasteiger partial charge on any atom is 0.326 e. The molecule has 3 saturated carbocycles. The molecule has 4 aliphatic rings. The molecule has 196 valence electrons. The summed E-state index contributed by atoms with van der Waals surface area (Å²) in [5, 5.41) is 26.6. The predicted molar refractivity (Wildman–Crippen MR) is 132 cm³/mol. The van der Waals surface area contributed by atoms with Gasteiger partial charge in [-0.3, -0.25) is 9.59 Å². The lowest BCUT2D eigenvalue weighted by Gasteiger charge is -2.58. The van der Waals surface area contributed by atoms with E-state index in [9.17, 15) is 19.5 Å². The average molecular weight is 500 g/mol. The highest BCUT2D eigenvalue weighted by Crippen LogP contribution is 2.67. The minimum Gasteiger partial charge on any atom is -0.480 e. The summed E-state index contributed by atoms with van der Waals surface area (Å²) in [4.78, 5) is 39.4. The van der Waals surface area contributed by atoms with Gasteiger partial charge in [0.1, 0.15) is 11.6 Å². The minimum atomic E-state index is -1.40. The van der Waals surface area contributed by atoms with Gasteiger partial charge in [-0.15, -0.1) is 6.42 Å².